The zero-order valence-corrected chi connectivity index (χ0v) is 11.1. The van der Waals surface area contributed by atoms with Gasteiger partial charge in [-0.3, -0.25) is 4.98 Å². The van der Waals surface area contributed by atoms with Crippen LogP contribution in [0, 0.1) is 0 Å². The summed E-state index contributed by atoms with van der Waals surface area (Å²) < 4.78 is 2.32. The van der Waals surface area contributed by atoms with E-state index in [1.807, 2.05) is 18.5 Å². The maximum absolute atomic E-state index is 4.15. The van der Waals surface area contributed by atoms with E-state index in [1.165, 1.54) is 11.3 Å². The van der Waals surface area contributed by atoms with Crippen LogP contribution < -0.4 is 5.32 Å². The van der Waals surface area contributed by atoms with E-state index in [0.717, 1.165) is 19.5 Å². The van der Waals surface area contributed by atoms with Gasteiger partial charge in [0.1, 0.15) is 0 Å². The first-order valence-corrected chi connectivity index (χ1v) is 6.58. The van der Waals surface area contributed by atoms with E-state index < -0.39 is 0 Å². The molecule has 0 radical (unpaired) electrons. The van der Waals surface area contributed by atoms with Crippen molar-refractivity contribution in [2.24, 2.45) is 0 Å². The molecule has 1 unspecified atom stereocenters. The molecule has 0 bridgehead atoms. The Bertz CT molecular complexity index is 462. The second kappa shape index (κ2) is 6.36. The van der Waals surface area contributed by atoms with Crippen molar-refractivity contribution in [2.45, 2.75) is 32.9 Å². The molecule has 96 valence electrons. The maximum atomic E-state index is 4.15. The molecular weight excluding hydrogens is 222 g/mol. The van der Waals surface area contributed by atoms with E-state index >= 15 is 0 Å². The molecule has 0 aliphatic rings. The molecule has 2 heterocycles. The first-order chi connectivity index (χ1) is 8.81. The fraction of sp³-hybridized carbons (Fsp3) is 0.400. The number of nitrogens with one attached hydrogen (secondary N) is 1. The molecule has 1 atom stereocenters. The van der Waals surface area contributed by atoms with Crippen molar-refractivity contribution < 1.29 is 0 Å². The van der Waals surface area contributed by atoms with E-state index in [-0.39, 0.29) is 0 Å². The SMILES string of the molecule is CCNC(C)c1cccn1CCc1cccnc1. The summed E-state index contributed by atoms with van der Waals surface area (Å²) in [7, 11) is 0. The van der Waals surface area contributed by atoms with Crippen LogP contribution in [0.15, 0.2) is 42.9 Å². The maximum Gasteiger partial charge on any atom is 0.0446 e. The average molecular weight is 243 g/mol. The Hall–Kier alpha value is -1.61. The highest BCUT2D eigenvalue weighted by molar-refractivity contribution is 5.13. The standard InChI is InChI=1S/C15H21N3/c1-3-17-13(2)15-7-5-10-18(15)11-8-14-6-4-9-16-12-14/h4-7,9-10,12-13,17H,3,8,11H2,1-2H3. The molecule has 3 nitrogen and oxygen atoms in total. The minimum absolute atomic E-state index is 0.402. The van der Waals surface area contributed by atoms with Crippen LogP contribution in [0.2, 0.25) is 0 Å². The van der Waals surface area contributed by atoms with Gasteiger partial charge in [0, 0.05) is 36.9 Å². The molecule has 0 saturated heterocycles. The first kappa shape index (κ1) is 12.8. The molecule has 0 fully saturated rings. The second-order valence-electron chi connectivity index (χ2n) is 4.52. The van der Waals surface area contributed by atoms with Crippen molar-refractivity contribution in [2.75, 3.05) is 6.54 Å². The first-order valence-electron chi connectivity index (χ1n) is 6.58. The molecule has 0 spiro atoms. The molecule has 1 N–H and O–H groups in total. The quantitative estimate of drug-likeness (QED) is 0.845. The van der Waals surface area contributed by atoms with Gasteiger partial charge < -0.3 is 9.88 Å². The zero-order chi connectivity index (χ0) is 12.8. The number of aromatic nitrogens is 2. The van der Waals surface area contributed by atoms with Gasteiger partial charge in [-0.1, -0.05) is 13.0 Å². The van der Waals surface area contributed by atoms with Crippen LogP contribution in [0.4, 0.5) is 0 Å². The van der Waals surface area contributed by atoms with Crippen molar-refractivity contribution in [1.29, 1.82) is 0 Å². The van der Waals surface area contributed by atoms with Crippen LogP contribution >= 0.6 is 0 Å². The van der Waals surface area contributed by atoms with Gasteiger partial charge in [0.15, 0.2) is 0 Å². The third-order valence-electron chi connectivity index (χ3n) is 3.18. The lowest BCUT2D eigenvalue weighted by molar-refractivity contribution is 0.539. The molecule has 2 aromatic rings. The summed E-state index contributed by atoms with van der Waals surface area (Å²) in [6.07, 6.45) is 6.93. The minimum atomic E-state index is 0.402. The van der Waals surface area contributed by atoms with Gasteiger partial charge in [-0.25, -0.2) is 0 Å². The Labute approximate surface area is 109 Å². The highest BCUT2D eigenvalue weighted by Gasteiger charge is 2.08. The van der Waals surface area contributed by atoms with Gasteiger partial charge in [0.25, 0.3) is 0 Å². The van der Waals surface area contributed by atoms with Crippen LogP contribution in [0.1, 0.15) is 31.1 Å². The lowest BCUT2D eigenvalue weighted by Crippen LogP contribution is -2.21. The predicted molar refractivity (Wildman–Crippen MR) is 74.5 cm³/mol. The van der Waals surface area contributed by atoms with Crippen molar-refractivity contribution >= 4 is 0 Å². The second-order valence-corrected chi connectivity index (χ2v) is 4.52. The molecule has 0 saturated carbocycles. The van der Waals surface area contributed by atoms with Crippen molar-refractivity contribution in [3.8, 4) is 0 Å². The summed E-state index contributed by atoms with van der Waals surface area (Å²) in [4.78, 5) is 4.15. The van der Waals surface area contributed by atoms with Gasteiger partial charge in [-0.2, -0.15) is 0 Å². The molecular formula is C15H21N3. The molecule has 0 amide bonds. The van der Waals surface area contributed by atoms with Gasteiger partial charge in [0.05, 0.1) is 0 Å². The van der Waals surface area contributed by atoms with Crippen molar-refractivity contribution in [3.05, 3.63) is 54.1 Å². The monoisotopic (exact) mass is 243 g/mol. The van der Waals surface area contributed by atoms with E-state index in [4.69, 9.17) is 0 Å². The molecule has 2 aromatic heterocycles. The normalized spacial score (nSPS) is 12.6. The third-order valence-corrected chi connectivity index (χ3v) is 3.18. The Morgan fingerprint density at radius 2 is 2.22 bits per heavy atom. The highest BCUT2D eigenvalue weighted by Crippen LogP contribution is 2.14. The predicted octanol–water partition coefficient (Wildman–Crippen LogP) is 2.80. The minimum Gasteiger partial charge on any atom is -0.350 e. The number of aryl methyl sites for hydroxylation is 2. The summed E-state index contributed by atoms with van der Waals surface area (Å²) in [5.41, 5.74) is 2.63. The third kappa shape index (κ3) is 3.20. The highest BCUT2D eigenvalue weighted by atomic mass is 15.0. The van der Waals surface area contributed by atoms with Crippen LogP contribution in [0.25, 0.3) is 0 Å². The number of nitrogens with zero attached hydrogens (tertiary/aromatic N) is 2. The Morgan fingerprint density at radius 1 is 1.33 bits per heavy atom. The molecule has 0 aliphatic heterocycles. The van der Waals surface area contributed by atoms with Crippen molar-refractivity contribution in [1.82, 2.24) is 14.9 Å². The Kier molecular flexibility index (Phi) is 4.53. The largest absolute Gasteiger partial charge is 0.350 e. The lowest BCUT2D eigenvalue weighted by Gasteiger charge is -2.16. The van der Waals surface area contributed by atoms with Gasteiger partial charge >= 0.3 is 0 Å². The Morgan fingerprint density at radius 3 is 2.94 bits per heavy atom. The van der Waals surface area contributed by atoms with Crippen LogP contribution in [-0.4, -0.2) is 16.1 Å². The molecule has 3 heteroatoms. The average Bonchev–Trinajstić information content (AvgIpc) is 2.86. The van der Waals surface area contributed by atoms with E-state index in [9.17, 15) is 0 Å². The zero-order valence-electron chi connectivity index (χ0n) is 11.1. The van der Waals surface area contributed by atoms with Crippen LogP contribution in [-0.2, 0) is 13.0 Å². The lowest BCUT2D eigenvalue weighted by atomic mass is 10.2. The fourth-order valence-electron chi connectivity index (χ4n) is 2.23. The molecule has 18 heavy (non-hydrogen) atoms. The number of rotatable bonds is 6. The van der Waals surface area contributed by atoms with Gasteiger partial charge in [0.2, 0.25) is 0 Å². The molecule has 0 aliphatic carbocycles. The summed E-state index contributed by atoms with van der Waals surface area (Å²) in [6, 6.07) is 8.83. The summed E-state index contributed by atoms with van der Waals surface area (Å²) in [6.45, 7) is 6.34. The van der Waals surface area contributed by atoms with E-state index in [0.29, 0.717) is 6.04 Å². The topological polar surface area (TPSA) is 29.9 Å². The van der Waals surface area contributed by atoms with Gasteiger partial charge in [-0.05, 0) is 43.7 Å². The molecule has 0 aromatic carbocycles. The fourth-order valence-corrected chi connectivity index (χ4v) is 2.23. The summed E-state index contributed by atoms with van der Waals surface area (Å²) in [5, 5.41) is 3.45. The van der Waals surface area contributed by atoms with Gasteiger partial charge in [-0.15, -0.1) is 0 Å². The van der Waals surface area contributed by atoms with Crippen molar-refractivity contribution in [3.63, 3.8) is 0 Å². The molecule has 2 rings (SSSR count). The summed E-state index contributed by atoms with van der Waals surface area (Å²) >= 11 is 0. The van der Waals surface area contributed by atoms with E-state index in [2.05, 4.69) is 53.1 Å². The Balaban J connectivity index is 2.00. The summed E-state index contributed by atoms with van der Waals surface area (Å²) in [5.74, 6) is 0. The number of pyridine rings is 1. The number of hydrogen-bond donors (Lipinski definition) is 1. The van der Waals surface area contributed by atoms with Crippen LogP contribution in [0.5, 0.6) is 0 Å². The van der Waals surface area contributed by atoms with E-state index in [1.54, 1.807) is 0 Å². The van der Waals surface area contributed by atoms with Crippen LogP contribution in [0.3, 0.4) is 0 Å². The number of hydrogen-bond acceptors (Lipinski definition) is 2. The smallest absolute Gasteiger partial charge is 0.0446 e.